The number of anilines is 1. The van der Waals surface area contributed by atoms with Crippen LogP contribution < -0.4 is 5.01 Å². The number of aromatic nitrogens is 1. The third-order valence-corrected chi connectivity index (χ3v) is 5.33. The van der Waals surface area contributed by atoms with Gasteiger partial charge in [0.05, 0.1) is 17.0 Å². The summed E-state index contributed by atoms with van der Waals surface area (Å²) in [5, 5.41) is 7.16. The first-order chi connectivity index (χ1) is 13.2. The molecule has 1 saturated carbocycles. The van der Waals surface area contributed by atoms with Crippen LogP contribution in [-0.4, -0.2) is 16.2 Å². The second kappa shape index (κ2) is 6.23. The molecule has 3 aromatic rings. The highest BCUT2D eigenvalue weighted by Crippen LogP contribution is 2.34. The molecule has 0 unspecified atom stereocenters. The number of rotatable bonds is 4. The fourth-order valence-corrected chi connectivity index (χ4v) is 3.70. The van der Waals surface area contributed by atoms with Crippen LogP contribution in [0.25, 0.3) is 17.0 Å². The number of hydrazone groups is 1. The molecule has 4 nitrogen and oxygen atoms in total. The minimum Gasteiger partial charge on any atom is -0.347 e. The second-order valence-electron chi connectivity index (χ2n) is 7.39. The molecule has 4 heteroatoms. The first-order valence-corrected chi connectivity index (χ1v) is 9.45. The van der Waals surface area contributed by atoms with Crippen LogP contribution in [0.4, 0.5) is 5.69 Å². The number of carbonyl (C=O) groups is 1. The zero-order chi connectivity index (χ0) is 18.4. The maximum absolute atomic E-state index is 13.0. The van der Waals surface area contributed by atoms with Crippen molar-refractivity contribution in [3.8, 4) is 0 Å². The van der Waals surface area contributed by atoms with Gasteiger partial charge in [-0.2, -0.15) is 10.1 Å². The lowest BCUT2D eigenvalue weighted by molar-refractivity contribution is -0.114. The second-order valence-corrected chi connectivity index (χ2v) is 7.39. The molecule has 1 aliphatic heterocycles. The van der Waals surface area contributed by atoms with Crippen molar-refractivity contribution in [2.75, 3.05) is 5.01 Å². The van der Waals surface area contributed by atoms with Crippen LogP contribution in [0.2, 0.25) is 0 Å². The highest BCUT2D eigenvalue weighted by molar-refractivity contribution is 6.32. The Bertz CT molecular complexity index is 1090. The number of amides is 1. The fraction of sp³-hybridized carbons (Fsp3) is 0.217. The summed E-state index contributed by atoms with van der Waals surface area (Å²) in [6, 6.07) is 18.0. The summed E-state index contributed by atoms with van der Waals surface area (Å²) >= 11 is 0. The van der Waals surface area contributed by atoms with E-state index in [9.17, 15) is 4.79 Å². The molecule has 2 aliphatic rings. The molecule has 0 saturated heterocycles. The average Bonchev–Trinajstić information content (AvgIpc) is 3.39. The highest BCUT2D eigenvalue weighted by atomic mass is 16.2. The maximum Gasteiger partial charge on any atom is 0.280 e. The molecule has 1 aliphatic carbocycles. The van der Waals surface area contributed by atoms with Crippen molar-refractivity contribution < 1.29 is 4.79 Å². The van der Waals surface area contributed by atoms with Gasteiger partial charge in [-0.25, -0.2) is 0 Å². The molecule has 0 spiro atoms. The van der Waals surface area contributed by atoms with E-state index >= 15 is 0 Å². The maximum atomic E-state index is 13.0. The quantitative estimate of drug-likeness (QED) is 0.616. The third kappa shape index (κ3) is 2.87. The van der Waals surface area contributed by atoms with Gasteiger partial charge in [0.2, 0.25) is 0 Å². The van der Waals surface area contributed by atoms with Crippen LogP contribution in [0, 0.1) is 5.92 Å². The first kappa shape index (κ1) is 16.1. The molecular formula is C23H21N3O. The van der Waals surface area contributed by atoms with Crippen molar-refractivity contribution in [3.63, 3.8) is 0 Å². The van der Waals surface area contributed by atoms with E-state index in [4.69, 9.17) is 0 Å². The van der Waals surface area contributed by atoms with Crippen LogP contribution >= 0.6 is 0 Å². The predicted molar refractivity (Wildman–Crippen MR) is 110 cm³/mol. The normalized spacial score (nSPS) is 18.6. The van der Waals surface area contributed by atoms with Gasteiger partial charge in [0.25, 0.3) is 5.91 Å². The minimum absolute atomic E-state index is 0.0716. The standard InChI is InChI=1S/C23H21N3O/c1-16-21(23(27)26(24-16)19-7-3-2-4-8-19)13-18-15-25(14-17-11-12-17)22-10-6-5-9-20(18)22/h2-10,13,15,17H,11-12,14H2,1H3/b21-13+. The van der Waals surface area contributed by atoms with Crippen molar-refractivity contribution in [1.82, 2.24) is 4.57 Å². The molecule has 1 amide bonds. The number of hydrogen-bond donors (Lipinski definition) is 0. The number of fused-ring (bicyclic) bond motifs is 1. The topological polar surface area (TPSA) is 37.6 Å². The molecule has 1 fully saturated rings. The Kier molecular flexibility index (Phi) is 3.71. The van der Waals surface area contributed by atoms with Crippen molar-refractivity contribution in [2.45, 2.75) is 26.3 Å². The van der Waals surface area contributed by atoms with E-state index in [2.05, 4.69) is 40.1 Å². The zero-order valence-corrected chi connectivity index (χ0v) is 15.3. The van der Waals surface area contributed by atoms with E-state index in [0.717, 1.165) is 29.4 Å². The van der Waals surface area contributed by atoms with Gasteiger partial charge in [-0.05, 0) is 50.0 Å². The Hall–Kier alpha value is -3.14. The smallest absolute Gasteiger partial charge is 0.280 e. The van der Waals surface area contributed by atoms with Gasteiger partial charge < -0.3 is 4.57 Å². The third-order valence-electron chi connectivity index (χ3n) is 5.33. The van der Waals surface area contributed by atoms with E-state index in [1.54, 1.807) is 0 Å². The molecule has 0 bridgehead atoms. The monoisotopic (exact) mass is 355 g/mol. The van der Waals surface area contributed by atoms with E-state index in [1.165, 1.54) is 28.8 Å². The van der Waals surface area contributed by atoms with Gasteiger partial charge in [-0.1, -0.05) is 36.4 Å². The van der Waals surface area contributed by atoms with Gasteiger partial charge in [0, 0.05) is 29.2 Å². The first-order valence-electron chi connectivity index (χ1n) is 9.45. The van der Waals surface area contributed by atoms with Gasteiger partial charge in [0.1, 0.15) is 0 Å². The molecule has 0 N–H and O–H groups in total. The average molecular weight is 355 g/mol. The molecule has 27 heavy (non-hydrogen) atoms. The number of benzene rings is 2. The van der Waals surface area contributed by atoms with E-state index < -0.39 is 0 Å². The molecule has 2 aromatic carbocycles. The molecule has 0 atom stereocenters. The van der Waals surface area contributed by atoms with Crippen LogP contribution in [-0.2, 0) is 11.3 Å². The summed E-state index contributed by atoms with van der Waals surface area (Å²) < 4.78 is 2.33. The number of carbonyl (C=O) groups excluding carboxylic acids is 1. The Morgan fingerprint density at radius 2 is 1.81 bits per heavy atom. The zero-order valence-electron chi connectivity index (χ0n) is 15.3. The number of hydrogen-bond acceptors (Lipinski definition) is 2. The van der Waals surface area contributed by atoms with E-state index in [-0.39, 0.29) is 5.91 Å². The van der Waals surface area contributed by atoms with Crippen LogP contribution in [0.1, 0.15) is 25.3 Å². The molecule has 2 heterocycles. The highest BCUT2D eigenvalue weighted by Gasteiger charge is 2.29. The van der Waals surface area contributed by atoms with Crippen molar-refractivity contribution in [2.24, 2.45) is 11.0 Å². The van der Waals surface area contributed by atoms with Crippen LogP contribution in [0.5, 0.6) is 0 Å². The summed E-state index contributed by atoms with van der Waals surface area (Å²) in [6.45, 7) is 2.96. The van der Waals surface area contributed by atoms with Crippen molar-refractivity contribution in [3.05, 3.63) is 71.9 Å². The van der Waals surface area contributed by atoms with Gasteiger partial charge in [-0.3, -0.25) is 4.79 Å². The lowest BCUT2D eigenvalue weighted by Crippen LogP contribution is -2.21. The summed E-state index contributed by atoms with van der Waals surface area (Å²) in [5.41, 5.74) is 4.52. The lowest BCUT2D eigenvalue weighted by atomic mass is 10.1. The SMILES string of the molecule is CC1=NN(c2ccccc2)C(=O)/C1=C/c1cn(CC2CC2)c2ccccc12. The molecule has 0 radical (unpaired) electrons. The summed E-state index contributed by atoms with van der Waals surface area (Å²) in [7, 11) is 0. The molecule has 134 valence electrons. The Balaban J connectivity index is 1.55. The minimum atomic E-state index is -0.0716. The van der Waals surface area contributed by atoms with Crippen LogP contribution in [0.15, 0.2) is 71.5 Å². The lowest BCUT2D eigenvalue weighted by Gasteiger charge is -2.10. The summed E-state index contributed by atoms with van der Waals surface area (Å²) in [6.07, 6.45) is 6.82. The van der Waals surface area contributed by atoms with Gasteiger partial charge in [-0.15, -0.1) is 0 Å². The predicted octanol–water partition coefficient (Wildman–Crippen LogP) is 4.86. The number of para-hydroxylation sites is 2. The Morgan fingerprint density at radius 1 is 1.07 bits per heavy atom. The van der Waals surface area contributed by atoms with E-state index in [1.807, 2.05) is 43.3 Å². The Morgan fingerprint density at radius 3 is 2.59 bits per heavy atom. The molecule has 1 aromatic heterocycles. The van der Waals surface area contributed by atoms with Crippen LogP contribution in [0.3, 0.4) is 0 Å². The fourth-order valence-electron chi connectivity index (χ4n) is 3.70. The van der Waals surface area contributed by atoms with Gasteiger partial charge in [0.15, 0.2) is 0 Å². The van der Waals surface area contributed by atoms with Gasteiger partial charge >= 0.3 is 0 Å². The molecule has 5 rings (SSSR count). The Labute approximate surface area is 158 Å². The van der Waals surface area contributed by atoms with Crippen molar-refractivity contribution in [1.29, 1.82) is 0 Å². The van der Waals surface area contributed by atoms with E-state index in [0.29, 0.717) is 5.57 Å². The summed E-state index contributed by atoms with van der Waals surface area (Å²) in [4.78, 5) is 13.0. The van der Waals surface area contributed by atoms with Crippen molar-refractivity contribution >= 4 is 34.3 Å². The molecular weight excluding hydrogens is 334 g/mol. The summed E-state index contributed by atoms with van der Waals surface area (Å²) in [5.74, 6) is 0.726. The largest absolute Gasteiger partial charge is 0.347 e. The number of nitrogens with zero attached hydrogens (tertiary/aromatic N) is 3.